The number of nitrogens with one attached hydrogen (secondary N) is 2. The molecule has 4 nitrogen and oxygen atoms in total. The second kappa shape index (κ2) is 8.66. The summed E-state index contributed by atoms with van der Waals surface area (Å²) < 4.78 is 13.0. The normalized spacial score (nSPS) is 13.8. The summed E-state index contributed by atoms with van der Waals surface area (Å²) in [6, 6.07) is 6.04. The van der Waals surface area contributed by atoms with Crippen molar-refractivity contribution in [3.63, 3.8) is 0 Å². The van der Waals surface area contributed by atoms with E-state index < -0.39 is 0 Å². The Morgan fingerprint density at radius 1 is 1.45 bits per heavy atom. The number of aliphatic hydroxyl groups is 1. The molecule has 3 N–H and O–H groups in total. The van der Waals surface area contributed by atoms with Crippen LogP contribution in [0.25, 0.3) is 0 Å². The predicted octanol–water partition coefficient (Wildman–Crippen LogP) is 2.29. The van der Waals surface area contributed by atoms with Gasteiger partial charge < -0.3 is 15.7 Å². The maximum absolute atomic E-state index is 13.0. The summed E-state index contributed by atoms with van der Waals surface area (Å²) in [4.78, 5) is 11.8. The van der Waals surface area contributed by atoms with Crippen molar-refractivity contribution in [3.8, 4) is 0 Å². The molecule has 1 rings (SSSR count). The Balaban J connectivity index is 2.41. The summed E-state index contributed by atoms with van der Waals surface area (Å²) in [7, 11) is 0. The lowest BCUT2D eigenvalue weighted by Gasteiger charge is -2.21. The molecule has 0 aliphatic rings. The average molecular weight is 282 g/mol. The summed E-state index contributed by atoms with van der Waals surface area (Å²) in [5, 5.41) is 14.9. The van der Waals surface area contributed by atoms with Gasteiger partial charge in [0.1, 0.15) is 5.82 Å². The van der Waals surface area contributed by atoms with E-state index in [4.69, 9.17) is 5.11 Å². The van der Waals surface area contributed by atoms with Crippen molar-refractivity contribution < 1.29 is 14.3 Å². The van der Waals surface area contributed by atoms with Crippen LogP contribution in [0.1, 0.15) is 33.1 Å². The van der Waals surface area contributed by atoms with E-state index in [1.54, 1.807) is 12.1 Å². The van der Waals surface area contributed by atoms with Gasteiger partial charge in [-0.25, -0.2) is 4.39 Å². The topological polar surface area (TPSA) is 61.4 Å². The van der Waals surface area contributed by atoms with Crippen LogP contribution in [0.5, 0.6) is 0 Å². The summed E-state index contributed by atoms with van der Waals surface area (Å²) in [5.74, 6) is -0.530. The molecule has 0 fully saturated rings. The second-order valence-electron chi connectivity index (χ2n) is 4.95. The number of hydrogen-bond acceptors (Lipinski definition) is 3. The van der Waals surface area contributed by atoms with Gasteiger partial charge in [-0.15, -0.1) is 0 Å². The van der Waals surface area contributed by atoms with E-state index in [0.717, 1.165) is 6.42 Å². The van der Waals surface area contributed by atoms with Crippen molar-refractivity contribution in [3.05, 3.63) is 30.1 Å². The van der Waals surface area contributed by atoms with Crippen LogP contribution in [0.3, 0.4) is 0 Å². The third-order valence-electron chi connectivity index (χ3n) is 3.09. The number of rotatable bonds is 8. The van der Waals surface area contributed by atoms with Gasteiger partial charge in [-0.05, 0) is 38.0 Å². The van der Waals surface area contributed by atoms with Gasteiger partial charge >= 0.3 is 0 Å². The quantitative estimate of drug-likeness (QED) is 0.685. The van der Waals surface area contributed by atoms with Gasteiger partial charge in [0.15, 0.2) is 0 Å². The molecule has 0 saturated carbocycles. The van der Waals surface area contributed by atoms with E-state index in [2.05, 4.69) is 10.6 Å². The highest BCUT2D eigenvalue weighted by atomic mass is 19.1. The minimum atomic E-state index is -0.372. The second-order valence-corrected chi connectivity index (χ2v) is 4.95. The van der Waals surface area contributed by atoms with Gasteiger partial charge in [0.25, 0.3) is 0 Å². The van der Waals surface area contributed by atoms with E-state index in [1.165, 1.54) is 12.1 Å². The highest BCUT2D eigenvalue weighted by Crippen LogP contribution is 2.10. The number of carbonyl (C=O) groups excluding carboxylic acids is 1. The lowest BCUT2D eigenvalue weighted by atomic mass is 10.1. The van der Waals surface area contributed by atoms with Crippen LogP contribution in [0.15, 0.2) is 24.3 Å². The Kier molecular flexibility index (Phi) is 7.18. The molecule has 0 aromatic heterocycles. The van der Waals surface area contributed by atoms with Gasteiger partial charge in [0.2, 0.25) is 5.91 Å². The zero-order chi connectivity index (χ0) is 15.0. The third kappa shape index (κ3) is 6.12. The van der Waals surface area contributed by atoms with Crippen LogP contribution >= 0.6 is 0 Å². The van der Waals surface area contributed by atoms with Crippen molar-refractivity contribution in [2.24, 2.45) is 0 Å². The first-order valence-corrected chi connectivity index (χ1v) is 6.97. The average Bonchev–Trinajstić information content (AvgIpc) is 2.37. The Morgan fingerprint density at radius 2 is 2.20 bits per heavy atom. The van der Waals surface area contributed by atoms with E-state index in [9.17, 15) is 9.18 Å². The number of carbonyl (C=O) groups is 1. The smallest absolute Gasteiger partial charge is 0.225 e. The number of hydrogen-bond donors (Lipinski definition) is 3. The molecule has 0 spiro atoms. The number of aliphatic hydroxyl groups excluding tert-OH is 1. The van der Waals surface area contributed by atoms with Crippen LogP contribution < -0.4 is 10.6 Å². The molecule has 1 aromatic carbocycles. The maximum Gasteiger partial charge on any atom is 0.225 e. The first-order valence-electron chi connectivity index (χ1n) is 6.97. The Morgan fingerprint density at radius 3 is 2.80 bits per heavy atom. The van der Waals surface area contributed by atoms with E-state index in [0.29, 0.717) is 18.5 Å². The Hall–Kier alpha value is -1.46. The fourth-order valence-corrected chi connectivity index (χ4v) is 2.08. The minimum Gasteiger partial charge on any atom is -0.396 e. The fraction of sp³-hybridized carbons (Fsp3) is 0.533. The SMILES string of the molecule is CCC(CCO)NC(C)CC(=O)Nc1cccc(F)c1. The molecule has 0 aliphatic heterocycles. The zero-order valence-electron chi connectivity index (χ0n) is 12.0. The molecule has 20 heavy (non-hydrogen) atoms. The lowest BCUT2D eigenvalue weighted by molar-refractivity contribution is -0.116. The van der Waals surface area contributed by atoms with Gasteiger partial charge in [-0.3, -0.25) is 4.79 Å². The minimum absolute atomic E-state index is 0.0000548. The Labute approximate surface area is 119 Å². The predicted molar refractivity (Wildman–Crippen MR) is 78.0 cm³/mol. The summed E-state index contributed by atoms with van der Waals surface area (Å²) in [6.45, 7) is 4.09. The van der Waals surface area contributed by atoms with Crippen molar-refractivity contribution in [2.75, 3.05) is 11.9 Å². The molecule has 0 heterocycles. The molecule has 0 radical (unpaired) electrons. The van der Waals surface area contributed by atoms with Crippen molar-refractivity contribution >= 4 is 11.6 Å². The summed E-state index contributed by atoms with van der Waals surface area (Å²) >= 11 is 0. The van der Waals surface area contributed by atoms with Crippen molar-refractivity contribution in [1.29, 1.82) is 0 Å². The largest absolute Gasteiger partial charge is 0.396 e. The van der Waals surface area contributed by atoms with Crippen LogP contribution in [-0.4, -0.2) is 29.7 Å². The number of benzene rings is 1. The molecule has 2 atom stereocenters. The van der Waals surface area contributed by atoms with Gasteiger partial charge in [0, 0.05) is 30.8 Å². The molecule has 0 saturated heterocycles. The molecular weight excluding hydrogens is 259 g/mol. The Bertz CT molecular complexity index is 426. The molecule has 2 unspecified atom stereocenters. The number of halogens is 1. The first-order chi connectivity index (χ1) is 9.55. The first kappa shape index (κ1) is 16.6. The standard InChI is InChI=1S/C15H23FN2O2/c1-3-13(7-8-19)17-11(2)9-15(20)18-14-6-4-5-12(16)10-14/h4-6,10-11,13,17,19H,3,7-9H2,1-2H3,(H,18,20). The molecule has 5 heteroatoms. The van der Waals surface area contributed by atoms with Crippen LogP contribution in [0.4, 0.5) is 10.1 Å². The van der Waals surface area contributed by atoms with E-state index >= 15 is 0 Å². The van der Waals surface area contributed by atoms with Crippen molar-refractivity contribution in [2.45, 2.75) is 45.2 Å². The third-order valence-corrected chi connectivity index (χ3v) is 3.09. The zero-order valence-corrected chi connectivity index (χ0v) is 12.0. The fourth-order valence-electron chi connectivity index (χ4n) is 2.08. The van der Waals surface area contributed by atoms with Gasteiger partial charge in [-0.1, -0.05) is 13.0 Å². The molecular formula is C15H23FN2O2. The van der Waals surface area contributed by atoms with Gasteiger partial charge in [0.05, 0.1) is 0 Å². The molecule has 1 amide bonds. The van der Waals surface area contributed by atoms with Crippen LogP contribution in [-0.2, 0) is 4.79 Å². The van der Waals surface area contributed by atoms with E-state index in [1.807, 2.05) is 13.8 Å². The van der Waals surface area contributed by atoms with Crippen molar-refractivity contribution in [1.82, 2.24) is 5.32 Å². The molecule has 0 bridgehead atoms. The van der Waals surface area contributed by atoms with Crippen LogP contribution in [0, 0.1) is 5.82 Å². The monoisotopic (exact) mass is 282 g/mol. The molecule has 0 aliphatic carbocycles. The highest BCUT2D eigenvalue weighted by molar-refractivity contribution is 5.91. The summed E-state index contributed by atoms with van der Waals surface area (Å²) in [5.41, 5.74) is 0.463. The molecule has 1 aromatic rings. The van der Waals surface area contributed by atoms with Crippen LogP contribution in [0.2, 0.25) is 0 Å². The maximum atomic E-state index is 13.0. The van der Waals surface area contributed by atoms with E-state index in [-0.39, 0.29) is 30.4 Å². The van der Waals surface area contributed by atoms with Gasteiger partial charge in [-0.2, -0.15) is 0 Å². The lowest BCUT2D eigenvalue weighted by Crippen LogP contribution is -2.38. The highest BCUT2D eigenvalue weighted by Gasteiger charge is 2.13. The number of anilines is 1. The summed E-state index contributed by atoms with van der Waals surface area (Å²) in [6.07, 6.45) is 1.88. The molecule has 112 valence electrons. The number of amides is 1.